The van der Waals surface area contributed by atoms with Crippen LogP contribution in [0.5, 0.6) is 0 Å². The summed E-state index contributed by atoms with van der Waals surface area (Å²) in [5.41, 5.74) is -1.65. The van der Waals surface area contributed by atoms with Crippen molar-refractivity contribution in [2.75, 3.05) is 5.32 Å². The molecule has 1 fully saturated rings. The van der Waals surface area contributed by atoms with Gasteiger partial charge in [-0.2, -0.15) is 13.2 Å². The molecule has 1 heterocycles. The summed E-state index contributed by atoms with van der Waals surface area (Å²) in [4.78, 5) is 13.4. The van der Waals surface area contributed by atoms with Gasteiger partial charge in [-0.3, -0.25) is 10.1 Å². The van der Waals surface area contributed by atoms with Crippen LogP contribution in [0.1, 0.15) is 44.2 Å². The van der Waals surface area contributed by atoms with Crippen LogP contribution in [-0.4, -0.2) is 15.9 Å². The van der Waals surface area contributed by atoms with Crippen molar-refractivity contribution in [2.24, 2.45) is 0 Å². The van der Waals surface area contributed by atoms with Gasteiger partial charge in [0.2, 0.25) is 0 Å². The van der Waals surface area contributed by atoms with E-state index in [0.29, 0.717) is 6.20 Å². The Balaban J connectivity index is 2.27. The van der Waals surface area contributed by atoms with Crippen LogP contribution in [0.3, 0.4) is 0 Å². The van der Waals surface area contributed by atoms with E-state index in [0.717, 1.165) is 44.6 Å². The molecule has 0 spiro atoms. The summed E-state index contributed by atoms with van der Waals surface area (Å²) in [6.45, 7) is 0. The molecule has 1 aromatic heterocycles. The Morgan fingerprint density at radius 2 is 1.86 bits per heavy atom. The number of halogens is 3. The highest BCUT2D eigenvalue weighted by atomic mass is 19.4. The molecule has 21 heavy (non-hydrogen) atoms. The van der Waals surface area contributed by atoms with E-state index in [1.807, 2.05) is 0 Å². The van der Waals surface area contributed by atoms with Gasteiger partial charge in [-0.1, -0.05) is 25.7 Å². The zero-order valence-electron chi connectivity index (χ0n) is 11.3. The normalized spacial score (nSPS) is 17.3. The molecule has 5 nitrogen and oxygen atoms in total. The first-order valence-corrected chi connectivity index (χ1v) is 6.86. The van der Waals surface area contributed by atoms with Crippen LogP contribution in [0.2, 0.25) is 0 Å². The van der Waals surface area contributed by atoms with Crippen LogP contribution in [0.25, 0.3) is 0 Å². The minimum atomic E-state index is -4.62. The van der Waals surface area contributed by atoms with Crippen LogP contribution in [0, 0.1) is 10.1 Å². The number of anilines is 1. The molecule has 0 saturated heterocycles. The first-order chi connectivity index (χ1) is 9.88. The summed E-state index contributed by atoms with van der Waals surface area (Å²) in [5.74, 6) is 0. The third-order valence-corrected chi connectivity index (χ3v) is 3.58. The van der Waals surface area contributed by atoms with Gasteiger partial charge in [0.05, 0.1) is 4.92 Å². The maximum absolute atomic E-state index is 12.7. The number of hydrogen-bond acceptors (Lipinski definition) is 4. The number of nitrogens with one attached hydrogen (secondary N) is 1. The van der Waals surface area contributed by atoms with Gasteiger partial charge in [-0.15, -0.1) is 0 Å². The van der Waals surface area contributed by atoms with Gasteiger partial charge in [-0.25, -0.2) is 4.98 Å². The van der Waals surface area contributed by atoms with E-state index >= 15 is 0 Å². The fourth-order valence-electron chi connectivity index (χ4n) is 2.51. The summed E-state index contributed by atoms with van der Waals surface area (Å²) in [5, 5.41) is 13.8. The Hall–Kier alpha value is -1.86. The van der Waals surface area contributed by atoms with Gasteiger partial charge >= 0.3 is 11.9 Å². The molecule has 0 bridgehead atoms. The van der Waals surface area contributed by atoms with Crippen molar-refractivity contribution in [3.63, 3.8) is 0 Å². The van der Waals surface area contributed by atoms with Crippen molar-refractivity contribution < 1.29 is 18.1 Å². The van der Waals surface area contributed by atoms with E-state index in [1.54, 1.807) is 0 Å². The highest BCUT2D eigenvalue weighted by Crippen LogP contribution is 2.34. The molecule has 116 valence electrons. The molecule has 2 rings (SSSR count). The fraction of sp³-hybridized carbons (Fsp3) is 0.615. The van der Waals surface area contributed by atoms with Gasteiger partial charge in [0.25, 0.3) is 0 Å². The lowest BCUT2D eigenvalue weighted by molar-refractivity contribution is -0.384. The molecular formula is C13H16F3N3O2. The highest BCUT2D eigenvalue weighted by molar-refractivity contribution is 5.61. The van der Waals surface area contributed by atoms with E-state index in [4.69, 9.17) is 0 Å². The van der Waals surface area contributed by atoms with Crippen molar-refractivity contribution >= 4 is 11.4 Å². The topological polar surface area (TPSA) is 68.1 Å². The van der Waals surface area contributed by atoms with Gasteiger partial charge in [-0.05, 0) is 18.9 Å². The molecule has 1 N–H and O–H groups in total. The zero-order valence-corrected chi connectivity index (χ0v) is 11.3. The molecule has 0 unspecified atom stereocenters. The van der Waals surface area contributed by atoms with Crippen LogP contribution in [0.4, 0.5) is 24.5 Å². The number of nitrogens with zero attached hydrogens (tertiary/aromatic N) is 2. The SMILES string of the molecule is O=[N+]([O-])c1cnc(C(F)(F)F)cc1NC1CCCCCC1. The van der Waals surface area contributed by atoms with Gasteiger partial charge in [0.15, 0.2) is 0 Å². The molecular weight excluding hydrogens is 287 g/mol. The predicted molar refractivity (Wildman–Crippen MR) is 71.0 cm³/mol. The molecule has 1 aliphatic rings. The van der Waals surface area contributed by atoms with Crippen molar-refractivity contribution in [1.82, 2.24) is 4.98 Å². The Morgan fingerprint density at radius 3 is 2.38 bits per heavy atom. The Morgan fingerprint density at radius 1 is 1.24 bits per heavy atom. The van der Waals surface area contributed by atoms with Gasteiger partial charge in [0, 0.05) is 6.04 Å². The average Bonchev–Trinajstić information content (AvgIpc) is 2.66. The Labute approximate surface area is 119 Å². The maximum Gasteiger partial charge on any atom is 0.433 e. The number of rotatable bonds is 3. The summed E-state index contributed by atoms with van der Waals surface area (Å²) >= 11 is 0. The maximum atomic E-state index is 12.7. The van der Waals surface area contributed by atoms with Gasteiger partial charge in [0.1, 0.15) is 17.6 Å². The molecule has 0 amide bonds. The minimum absolute atomic E-state index is 0.0327. The fourth-order valence-corrected chi connectivity index (χ4v) is 2.51. The predicted octanol–water partition coefficient (Wildman–Crippen LogP) is 4.14. The second-order valence-corrected chi connectivity index (χ2v) is 5.17. The monoisotopic (exact) mass is 303 g/mol. The zero-order chi connectivity index (χ0) is 15.5. The first-order valence-electron chi connectivity index (χ1n) is 6.86. The standard InChI is InChI=1S/C13H16F3N3O2/c14-13(15,16)12-7-10(11(8-17-12)19(20)21)18-9-5-3-1-2-4-6-9/h7-9H,1-6H2,(H,17,18). The number of hydrogen-bond donors (Lipinski definition) is 1. The molecule has 1 aliphatic carbocycles. The number of aromatic nitrogens is 1. The molecule has 0 radical (unpaired) electrons. The lowest BCUT2D eigenvalue weighted by Crippen LogP contribution is -2.20. The molecule has 8 heteroatoms. The van der Waals surface area contributed by atoms with E-state index in [1.165, 1.54) is 0 Å². The van der Waals surface area contributed by atoms with Crippen LogP contribution >= 0.6 is 0 Å². The lowest BCUT2D eigenvalue weighted by Gasteiger charge is -2.18. The van der Waals surface area contributed by atoms with E-state index in [9.17, 15) is 23.3 Å². The first kappa shape index (κ1) is 15.5. The highest BCUT2D eigenvalue weighted by Gasteiger charge is 2.34. The van der Waals surface area contributed by atoms with Crippen molar-refractivity contribution in [3.05, 3.63) is 28.1 Å². The molecule has 1 saturated carbocycles. The Bertz CT molecular complexity index is 512. The average molecular weight is 303 g/mol. The van der Waals surface area contributed by atoms with E-state index < -0.39 is 22.5 Å². The lowest BCUT2D eigenvalue weighted by atomic mass is 10.1. The summed E-state index contributed by atoms with van der Waals surface area (Å²) in [7, 11) is 0. The molecule has 1 aromatic rings. The van der Waals surface area contributed by atoms with Crippen LogP contribution in [0.15, 0.2) is 12.3 Å². The van der Waals surface area contributed by atoms with Crippen LogP contribution < -0.4 is 5.32 Å². The smallest absolute Gasteiger partial charge is 0.377 e. The number of pyridine rings is 1. The quantitative estimate of drug-likeness (QED) is 0.517. The second kappa shape index (κ2) is 6.28. The summed E-state index contributed by atoms with van der Waals surface area (Å²) in [6.07, 6.45) is 1.79. The van der Waals surface area contributed by atoms with E-state index in [2.05, 4.69) is 10.3 Å². The largest absolute Gasteiger partial charge is 0.433 e. The summed E-state index contributed by atoms with van der Waals surface area (Å²) < 4.78 is 38.1. The van der Waals surface area contributed by atoms with E-state index in [-0.39, 0.29) is 11.7 Å². The van der Waals surface area contributed by atoms with Crippen LogP contribution in [-0.2, 0) is 6.18 Å². The van der Waals surface area contributed by atoms with Gasteiger partial charge < -0.3 is 5.32 Å². The molecule has 0 aromatic carbocycles. The van der Waals surface area contributed by atoms with Crippen molar-refractivity contribution in [1.29, 1.82) is 0 Å². The molecule has 0 atom stereocenters. The third kappa shape index (κ3) is 4.05. The second-order valence-electron chi connectivity index (χ2n) is 5.17. The number of alkyl halides is 3. The number of nitro groups is 1. The molecule has 0 aliphatic heterocycles. The third-order valence-electron chi connectivity index (χ3n) is 3.58. The minimum Gasteiger partial charge on any atom is -0.377 e. The Kier molecular flexibility index (Phi) is 4.64. The van der Waals surface area contributed by atoms with Crippen molar-refractivity contribution in [2.45, 2.75) is 50.7 Å². The summed E-state index contributed by atoms with van der Waals surface area (Å²) in [6, 6.07) is 0.693. The van der Waals surface area contributed by atoms with Crippen molar-refractivity contribution in [3.8, 4) is 0 Å².